The second-order valence-corrected chi connectivity index (χ2v) is 2.43. The Hall–Kier alpha value is -0.870. The van der Waals surface area contributed by atoms with Gasteiger partial charge in [-0.1, -0.05) is 6.08 Å². The van der Waals surface area contributed by atoms with Crippen molar-refractivity contribution in [1.29, 1.82) is 0 Å². The smallest absolute Gasteiger partial charge is 0.241 e. The molecular formula is C7H12N2O2. The summed E-state index contributed by atoms with van der Waals surface area (Å²) >= 11 is 0. The average molecular weight is 156 g/mol. The van der Waals surface area contributed by atoms with E-state index < -0.39 is 5.91 Å². The topological polar surface area (TPSA) is 64.4 Å². The van der Waals surface area contributed by atoms with Gasteiger partial charge in [0.15, 0.2) is 0 Å². The maximum atomic E-state index is 10.3. The van der Waals surface area contributed by atoms with Gasteiger partial charge in [-0.2, -0.15) is 0 Å². The van der Waals surface area contributed by atoms with Crippen molar-refractivity contribution in [1.82, 2.24) is 5.32 Å². The number of hydrogen-bond donors (Lipinski definition) is 2. The predicted octanol–water partition coefficient (Wildman–Crippen LogP) is -0.636. The number of hydrogen-bond acceptors (Lipinski definition) is 3. The summed E-state index contributed by atoms with van der Waals surface area (Å²) in [4.78, 5) is 10.3. The highest BCUT2D eigenvalue weighted by atomic mass is 16.5. The van der Waals surface area contributed by atoms with Gasteiger partial charge in [-0.05, 0) is 12.5 Å². The first-order valence-electron chi connectivity index (χ1n) is 3.57. The summed E-state index contributed by atoms with van der Waals surface area (Å²) in [5, 5.41) is 3.04. The maximum Gasteiger partial charge on any atom is 0.241 e. The van der Waals surface area contributed by atoms with Gasteiger partial charge in [0.05, 0.1) is 12.8 Å². The van der Waals surface area contributed by atoms with E-state index in [-0.39, 0.29) is 6.10 Å². The lowest BCUT2D eigenvalue weighted by molar-refractivity contribution is -0.113. The normalized spacial score (nSPS) is 24.5. The minimum atomic E-state index is -0.407. The van der Waals surface area contributed by atoms with Crippen molar-refractivity contribution in [3.8, 4) is 0 Å². The van der Waals surface area contributed by atoms with Crippen LogP contribution in [0.4, 0.5) is 0 Å². The van der Waals surface area contributed by atoms with E-state index in [0.29, 0.717) is 6.73 Å². The first-order valence-corrected chi connectivity index (χ1v) is 3.57. The molecule has 1 aliphatic rings. The molecule has 0 saturated carbocycles. The Kier molecular flexibility index (Phi) is 3.07. The van der Waals surface area contributed by atoms with E-state index in [2.05, 4.69) is 5.32 Å². The SMILES string of the molecule is NC(=O)C=CCC1CNCO1. The van der Waals surface area contributed by atoms with E-state index >= 15 is 0 Å². The van der Waals surface area contributed by atoms with Gasteiger partial charge in [0.2, 0.25) is 5.91 Å². The highest BCUT2D eigenvalue weighted by molar-refractivity contribution is 5.85. The number of amides is 1. The van der Waals surface area contributed by atoms with Crippen LogP contribution >= 0.6 is 0 Å². The molecule has 0 aromatic heterocycles. The summed E-state index contributed by atoms with van der Waals surface area (Å²) in [5.74, 6) is -0.407. The molecule has 1 amide bonds. The molecule has 0 radical (unpaired) electrons. The Bertz CT molecular complexity index is 162. The maximum absolute atomic E-state index is 10.3. The third-order valence-electron chi connectivity index (χ3n) is 1.47. The van der Waals surface area contributed by atoms with Gasteiger partial charge in [0, 0.05) is 6.54 Å². The molecule has 1 fully saturated rings. The van der Waals surface area contributed by atoms with Crippen LogP contribution in [0, 0.1) is 0 Å². The number of rotatable bonds is 3. The average Bonchev–Trinajstić information content (AvgIpc) is 2.39. The Balaban J connectivity index is 2.15. The van der Waals surface area contributed by atoms with Crippen LogP contribution in [0.2, 0.25) is 0 Å². The summed E-state index contributed by atoms with van der Waals surface area (Å²) < 4.78 is 5.22. The molecule has 1 saturated heterocycles. The van der Waals surface area contributed by atoms with Crippen LogP contribution in [0.5, 0.6) is 0 Å². The van der Waals surface area contributed by atoms with Crippen molar-refractivity contribution < 1.29 is 9.53 Å². The first kappa shape index (κ1) is 8.23. The lowest BCUT2D eigenvalue weighted by Crippen LogP contribution is -2.13. The lowest BCUT2D eigenvalue weighted by Gasteiger charge is -2.01. The number of nitrogens with one attached hydrogen (secondary N) is 1. The molecule has 4 heteroatoms. The third kappa shape index (κ3) is 3.15. The Morgan fingerprint density at radius 1 is 1.82 bits per heavy atom. The van der Waals surface area contributed by atoms with Gasteiger partial charge in [-0.15, -0.1) is 0 Å². The Labute approximate surface area is 65.4 Å². The van der Waals surface area contributed by atoms with Gasteiger partial charge in [0.1, 0.15) is 0 Å². The molecular weight excluding hydrogens is 144 g/mol. The summed E-state index contributed by atoms with van der Waals surface area (Å²) in [5.41, 5.74) is 4.90. The quantitative estimate of drug-likeness (QED) is 0.534. The zero-order valence-electron chi connectivity index (χ0n) is 6.25. The number of nitrogens with two attached hydrogens (primary N) is 1. The summed E-state index contributed by atoms with van der Waals surface area (Å²) in [6, 6.07) is 0. The number of carbonyl (C=O) groups is 1. The molecule has 62 valence electrons. The third-order valence-corrected chi connectivity index (χ3v) is 1.47. The van der Waals surface area contributed by atoms with Gasteiger partial charge in [-0.25, -0.2) is 0 Å². The molecule has 1 atom stereocenters. The number of carbonyl (C=O) groups excluding carboxylic acids is 1. The van der Waals surface area contributed by atoms with E-state index in [1.807, 2.05) is 0 Å². The second kappa shape index (κ2) is 4.10. The van der Waals surface area contributed by atoms with E-state index in [1.54, 1.807) is 6.08 Å². The fourth-order valence-corrected chi connectivity index (χ4v) is 0.943. The van der Waals surface area contributed by atoms with Crippen LogP contribution in [0.15, 0.2) is 12.2 Å². The largest absolute Gasteiger partial charge is 0.366 e. The van der Waals surface area contributed by atoms with Gasteiger partial charge < -0.3 is 10.5 Å². The number of ether oxygens (including phenoxy) is 1. The molecule has 1 unspecified atom stereocenters. The van der Waals surface area contributed by atoms with Crippen molar-refractivity contribution in [2.24, 2.45) is 5.73 Å². The second-order valence-electron chi connectivity index (χ2n) is 2.43. The van der Waals surface area contributed by atoms with Crippen molar-refractivity contribution in [3.63, 3.8) is 0 Å². The van der Waals surface area contributed by atoms with Crippen molar-refractivity contribution >= 4 is 5.91 Å². The van der Waals surface area contributed by atoms with Gasteiger partial charge >= 0.3 is 0 Å². The fourth-order valence-electron chi connectivity index (χ4n) is 0.943. The Morgan fingerprint density at radius 2 is 2.64 bits per heavy atom. The summed E-state index contributed by atoms with van der Waals surface area (Å²) in [7, 11) is 0. The molecule has 3 N–H and O–H groups in total. The summed E-state index contributed by atoms with van der Waals surface area (Å²) in [6.07, 6.45) is 4.04. The highest BCUT2D eigenvalue weighted by Gasteiger charge is 2.12. The molecule has 0 bridgehead atoms. The molecule has 0 aromatic rings. The number of primary amides is 1. The minimum Gasteiger partial charge on any atom is -0.366 e. The molecule has 0 aromatic carbocycles. The van der Waals surface area contributed by atoms with Crippen LogP contribution < -0.4 is 11.1 Å². The zero-order valence-corrected chi connectivity index (χ0v) is 6.25. The molecule has 0 aliphatic carbocycles. The van der Waals surface area contributed by atoms with Crippen LogP contribution in [0.25, 0.3) is 0 Å². The van der Waals surface area contributed by atoms with E-state index in [0.717, 1.165) is 13.0 Å². The van der Waals surface area contributed by atoms with Gasteiger partial charge in [0.25, 0.3) is 0 Å². The van der Waals surface area contributed by atoms with Crippen molar-refractivity contribution in [3.05, 3.63) is 12.2 Å². The van der Waals surface area contributed by atoms with E-state index in [4.69, 9.17) is 10.5 Å². The lowest BCUT2D eigenvalue weighted by atomic mass is 10.2. The molecule has 1 heterocycles. The monoisotopic (exact) mass is 156 g/mol. The van der Waals surface area contributed by atoms with Crippen LogP contribution in [-0.2, 0) is 9.53 Å². The minimum absolute atomic E-state index is 0.200. The first-order chi connectivity index (χ1) is 5.29. The van der Waals surface area contributed by atoms with Crippen molar-refractivity contribution in [2.45, 2.75) is 12.5 Å². The van der Waals surface area contributed by atoms with E-state index in [1.165, 1.54) is 6.08 Å². The molecule has 0 spiro atoms. The summed E-state index contributed by atoms with van der Waals surface area (Å²) in [6.45, 7) is 1.46. The standard InChI is InChI=1S/C7H12N2O2/c8-7(10)3-1-2-6-4-9-5-11-6/h1,3,6,9H,2,4-5H2,(H2,8,10). The molecule has 1 rings (SSSR count). The van der Waals surface area contributed by atoms with E-state index in [9.17, 15) is 4.79 Å². The van der Waals surface area contributed by atoms with Crippen LogP contribution in [-0.4, -0.2) is 25.3 Å². The predicted molar refractivity (Wildman–Crippen MR) is 40.7 cm³/mol. The molecule has 1 aliphatic heterocycles. The fraction of sp³-hybridized carbons (Fsp3) is 0.571. The van der Waals surface area contributed by atoms with Crippen LogP contribution in [0.3, 0.4) is 0 Å². The van der Waals surface area contributed by atoms with Crippen LogP contribution in [0.1, 0.15) is 6.42 Å². The van der Waals surface area contributed by atoms with Crippen molar-refractivity contribution in [2.75, 3.05) is 13.3 Å². The zero-order chi connectivity index (χ0) is 8.10. The highest BCUT2D eigenvalue weighted by Crippen LogP contribution is 2.02. The van der Waals surface area contributed by atoms with Gasteiger partial charge in [-0.3, -0.25) is 10.1 Å². The Morgan fingerprint density at radius 3 is 3.18 bits per heavy atom. The molecule has 4 nitrogen and oxygen atoms in total. The molecule has 11 heavy (non-hydrogen) atoms.